The summed E-state index contributed by atoms with van der Waals surface area (Å²) in [5.41, 5.74) is 7.30. The first-order valence-electron chi connectivity index (χ1n) is 9.22. The van der Waals surface area contributed by atoms with Gasteiger partial charge in [-0.15, -0.1) is 0 Å². The largest absolute Gasteiger partial charge is 0.483 e. The lowest BCUT2D eigenvalue weighted by molar-refractivity contribution is -0.142. The van der Waals surface area contributed by atoms with Crippen molar-refractivity contribution in [3.8, 4) is 5.75 Å². The molecule has 4 atom stereocenters. The van der Waals surface area contributed by atoms with Gasteiger partial charge in [0.05, 0.1) is 31.5 Å². The molecule has 1 aromatic carbocycles. The number of nitrogens with zero attached hydrogens (tertiary/aromatic N) is 1. The number of piperidine rings is 1. The van der Waals surface area contributed by atoms with Crippen molar-refractivity contribution in [3.05, 3.63) is 29.8 Å². The molecule has 2 N–H and O–H groups in total. The van der Waals surface area contributed by atoms with Gasteiger partial charge in [0.15, 0.2) is 6.61 Å². The van der Waals surface area contributed by atoms with Crippen LogP contribution in [-0.4, -0.2) is 55.4 Å². The van der Waals surface area contributed by atoms with Crippen LogP contribution < -0.4 is 10.5 Å². The molecular formula is C19H26N2O4. The summed E-state index contributed by atoms with van der Waals surface area (Å²) in [6, 6.07) is 7.70. The zero-order valence-corrected chi connectivity index (χ0v) is 14.4. The van der Waals surface area contributed by atoms with Crippen LogP contribution in [0.1, 0.15) is 37.4 Å². The smallest absolute Gasteiger partial charge is 0.260 e. The molecule has 0 spiro atoms. The lowest BCUT2D eigenvalue weighted by atomic mass is 9.97. The molecule has 0 aliphatic carbocycles. The average Bonchev–Trinajstić information content (AvgIpc) is 2.66. The molecule has 2 fully saturated rings. The van der Waals surface area contributed by atoms with Crippen molar-refractivity contribution in [1.82, 2.24) is 4.90 Å². The molecule has 5 rings (SSSR count). The second-order valence-electron chi connectivity index (χ2n) is 7.14. The molecule has 2 bridgehead atoms. The lowest BCUT2D eigenvalue weighted by Crippen LogP contribution is -2.57. The second-order valence-corrected chi connectivity index (χ2v) is 7.14. The summed E-state index contributed by atoms with van der Waals surface area (Å²) >= 11 is 0. The van der Waals surface area contributed by atoms with E-state index in [1.165, 1.54) is 0 Å². The van der Waals surface area contributed by atoms with Crippen LogP contribution in [0.25, 0.3) is 0 Å². The summed E-state index contributed by atoms with van der Waals surface area (Å²) < 4.78 is 18.0. The number of ether oxygens (including phenoxy) is 3. The van der Waals surface area contributed by atoms with Gasteiger partial charge in [0.1, 0.15) is 5.75 Å². The summed E-state index contributed by atoms with van der Waals surface area (Å²) in [5, 5.41) is 0. The maximum absolute atomic E-state index is 12.7. The monoisotopic (exact) mass is 346 g/mol. The van der Waals surface area contributed by atoms with E-state index >= 15 is 0 Å². The molecule has 1 amide bonds. The molecule has 0 saturated carbocycles. The highest BCUT2D eigenvalue weighted by molar-refractivity contribution is 5.78. The van der Waals surface area contributed by atoms with Crippen LogP contribution >= 0.6 is 0 Å². The molecule has 25 heavy (non-hydrogen) atoms. The van der Waals surface area contributed by atoms with Gasteiger partial charge in [-0.05, 0) is 31.7 Å². The Morgan fingerprint density at radius 3 is 2.80 bits per heavy atom. The molecule has 4 aliphatic heterocycles. The molecule has 0 aromatic heterocycles. The molecule has 6 nitrogen and oxygen atoms in total. The third-order valence-electron chi connectivity index (χ3n) is 5.51. The minimum Gasteiger partial charge on any atom is -0.483 e. The van der Waals surface area contributed by atoms with Gasteiger partial charge in [0.25, 0.3) is 5.91 Å². The molecule has 0 radical (unpaired) electrons. The third kappa shape index (κ3) is 3.52. The number of benzene rings is 1. The van der Waals surface area contributed by atoms with Crippen molar-refractivity contribution in [2.24, 2.45) is 5.73 Å². The van der Waals surface area contributed by atoms with Crippen molar-refractivity contribution in [1.29, 1.82) is 0 Å². The van der Waals surface area contributed by atoms with Gasteiger partial charge < -0.3 is 24.8 Å². The van der Waals surface area contributed by atoms with Crippen LogP contribution in [0.5, 0.6) is 5.75 Å². The fourth-order valence-corrected chi connectivity index (χ4v) is 4.05. The number of rotatable bonds is 0. The van der Waals surface area contributed by atoms with Crippen LogP contribution in [0.2, 0.25) is 0 Å². The number of hydrogen-bond donors (Lipinski definition) is 1. The Morgan fingerprint density at radius 1 is 1.08 bits per heavy atom. The molecule has 6 heteroatoms. The Balaban J connectivity index is 1.61. The van der Waals surface area contributed by atoms with Crippen molar-refractivity contribution < 1.29 is 19.0 Å². The topological polar surface area (TPSA) is 74.0 Å². The number of para-hydroxylation sites is 1. The minimum absolute atomic E-state index is 0.00301. The molecular weight excluding hydrogens is 320 g/mol. The highest BCUT2D eigenvalue weighted by Gasteiger charge is 2.35. The maximum atomic E-state index is 12.7. The van der Waals surface area contributed by atoms with Gasteiger partial charge in [-0.1, -0.05) is 18.2 Å². The molecule has 3 unspecified atom stereocenters. The Hall–Kier alpha value is -1.63. The number of amides is 1. The van der Waals surface area contributed by atoms with Gasteiger partial charge >= 0.3 is 0 Å². The summed E-state index contributed by atoms with van der Waals surface area (Å²) in [6.45, 7) is 1.78. The summed E-state index contributed by atoms with van der Waals surface area (Å²) in [5.74, 6) is 0.711. The van der Waals surface area contributed by atoms with E-state index in [1.54, 1.807) is 0 Å². The number of hydrogen-bond acceptors (Lipinski definition) is 5. The van der Waals surface area contributed by atoms with E-state index in [2.05, 4.69) is 0 Å². The van der Waals surface area contributed by atoms with E-state index in [1.807, 2.05) is 29.2 Å². The lowest BCUT2D eigenvalue weighted by Gasteiger charge is -2.40. The Kier molecular flexibility index (Phi) is 4.92. The quantitative estimate of drug-likeness (QED) is 0.773. The number of carbonyl (C=O) groups is 1. The van der Waals surface area contributed by atoms with Gasteiger partial charge in [-0.3, -0.25) is 4.79 Å². The first kappa shape index (κ1) is 16.8. The fourth-order valence-electron chi connectivity index (χ4n) is 4.05. The highest BCUT2D eigenvalue weighted by atomic mass is 16.5. The summed E-state index contributed by atoms with van der Waals surface area (Å²) in [7, 11) is 0. The molecule has 4 aliphatic rings. The number of fused-ring (bicyclic) bond motifs is 5. The first-order chi connectivity index (χ1) is 12.2. The zero-order valence-electron chi connectivity index (χ0n) is 14.4. The predicted molar refractivity (Wildman–Crippen MR) is 92.3 cm³/mol. The van der Waals surface area contributed by atoms with E-state index in [4.69, 9.17) is 19.9 Å². The van der Waals surface area contributed by atoms with Crippen LogP contribution in [0, 0.1) is 0 Å². The van der Waals surface area contributed by atoms with Crippen molar-refractivity contribution >= 4 is 5.91 Å². The maximum Gasteiger partial charge on any atom is 0.260 e. The molecule has 1 aromatic rings. The van der Waals surface area contributed by atoms with Crippen LogP contribution in [0.3, 0.4) is 0 Å². The minimum atomic E-state index is -0.0847. The Bertz CT molecular complexity index is 615. The van der Waals surface area contributed by atoms with Crippen LogP contribution in [0.15, 0.2) is 24.3 Å². The summed E-state index contributed by atoms with van der Waals surface area (Å²) in [6.07, 6.45) is 3.74. The van der Waals surface area contributed by atoms with Crippen molar-refractivity contribution in [2.45, 2.75) is 50.0 Å². The van der Waals surface area contributed by atoms with Gasteiger partial charge in [-0.25, -0.2) is 0 Å². The second kappa shape index (κ2) is 7.32. The van der Waals surface area contributed by atoms with Crippen LogP contribution in [-0.2, 0) is 14.3 Å². The predicted octanol–water partition coefficient (Wildman–Crippen LogP) is 1.63. The van der Waals surface area contributed by atoms with E-state index in [0.717, 1.165) is 43.5 Å². The van der Waals surface area contributed by atoms with E-state index in [-0.39, 0.29) is 36.8 Å². The average molecular weight is 346 g/mol. The highest BCUT2D eigenvalue weighted by Crippen LogP contribution is 2.35. The normalized spacial score (nSPS) is 33.3. The van der Waals surface area contributed by atoms with Gasteiger partial charge in [0.2, 0.25) is 0 Å². The Labute approximate surface area is 148 Å². The standard InChI is InChI=1S/C19H26N2O4/c20-15-5-3-9-21-16(15)11-23-13-7-8-18(24-10-13)14-4-1-2-6-17(14)25-12-19(21)22/h1-2,4,6,13,15-16,18H,3,5,7-12,20H2/t13-,15?,16?,18?/m0/s1. The van der Waals surface area contributed by atoms with Crippen LogP contribution in [0.4, 0.5) is 0 Å². The fraction of sp³-hybridized carbons (Fsp3) is 0.632. The van der Waals surface area contributed by atoms with Gasteiger partial charge in [0, 0.05) is 18.2 Å². The van der Waals surface area contributed by atoms with Crippen molar-refractivity contribution in [2.75, 3.05) is 26.4 Å². The molecule has 136 valence electrons. The molecule has 4 heterocycles. The summed E-state index contributed by atoms with van der Waals surface area (Å²) in [4.78, 5) is 14.6. The van der Waals surface area contributed by atoms with Gasteiger partial charge in [-0.2, -0.15) is 0 Å². The van der Waals surface area contributed by atoms with E-state index in [9.17, 15) is 4.79 Å². The van der Waals surface area contributed by atoms with Crippen molar-refractivity contribution in [3.63, 3.8) is 0 Å². The van der Waals surface area contributed by atoms with E-state index in [0.29, 0.717) is 13.2 Å². The number of carbonyl (C=O) groups excluding carboxylic acids is 1. The number of nitrogens with two attached hydrogens (primary N) is 1. The van der Waals surface area contributed by atoms with E-state index < -0.39 is 0 Å². The SMILES string of the molecule is NC1CCCN2C(=O)COc3ccccc3C3CC[C@@H](CO3)OCC12. The first-order valence-corrected chi connectivity index (χ1v) is 9.22. The third-order valence-corrected chi connectivity index (χ3v) is 5.51. The Morgan fingerprint density at radius 2 is 1.96 bits per heavy atom. The zero-order chi connectivity index (χ0) is 17.2. The molecule has 2 saturated heterocycles.